The van der Waals surface area contributed by atoms with Crippen LogP contribution in [-0.4, -0.2) is 10.0 Å². The molecule has 0 aliphatic heterocycles. The number of benzene rings is 2. The molecule has 2 rings (SSSR count). The number of rotatable bonds is 4. The fourth-order valence-electron chi connectivity index (χ4n) is 1.52. The van der Waals surface area contributed by atoms with Crippen LogP contribution in [0.4, 0.5) is 5.69 Å². The number of aliphatic hydroxyl groups excluding tert-OH is 1. The van der Waals surface area contributed by atoms with E-state index in [1.54, 1.807) is 12.1 Å². The van der Waals surface area contributed by atoms with Gasteiger partial charge in [0, 0.05) is 17.7 Å². The highest BCUT2D eigenvalue weighted by Gasteiger charge is 2.11. The van der Waals surface area contributed by atoms with Crippen molar-refractivity contribution in [2.45, 2.75) is 6.61 Å². The summed E-state index contributed by atoms with van der Waals surface area (Å²) in [6, 6.07) is 13.2. The van der Waals surface area contributed by atoms with Gasteiger partial charge in [-0.2, -0.15) is 0 Å². The average Bonchev–Trinajstić information content (AvgIpc) is 2.40. The third-order valence-electron chi connectivity index (χ3n) is 2.40. The van der Waals surface area contributed by atoms with Crippen LogP contribution >= 0.6 is 0 Å². The Morgan fingerprint density at radius 2 is 1.89 bits per heavy atom. The fraction of sp³-hybridized carbons (Fsp3) is 0.0769. The van der Waals surface area contributed by atoms with Crippen LogP contribution < -0.4 is 4.74 Å². The zero-order valence-electron chi connectivity index (χ0n) is 9.45. The highest BCUT2D eigenvalue weighted by Crippen LogP contribution is 2.28. The topological polar surface area (TPSA) is 72.6 Å². The van der Waals surface area contributed by atoms with Crippen molar-refractivity contribution in [3.63, 3.8) is 0 Å². The monoisotopic (exact) mass is 245 g/mol. The van der Waals surface area contributed by atoms with Gasteiger partial charge < -0.3 is 9.84 Å². The van der Waals surface area contributed by atoms with E-state index in [0.29, 0.717) is 17.1 Å². The predicted octanol–water partition coefficient (Wildman–Crippen LogP) is 2.88. The van der Waals surface area contributed by atoms with Crippen molar-refractivity contribution in [2.75, 3.05) is 0 Å². The molecule has 2 aromatic rings. The molecule has 0 fully saturated rings. The Morgan fingerprint density at radius 3 is 2.50 bits per heavy atom. The highest BCUT2D eigenvalue weighted by molar-refractivity contribution is 5.45. The van der Waals surface area contributed by atoms with Gasteiger partial charge in [-0.25, -0.2) is 0 Å². The van der Waals surface area contributed by atoms with Crippen molar-refractivity contribution < 1.29 is 14.8 Å². The van der Waals surface area contributed by atoms with Gasteiger partial charge in [-0.05, 0) is 18.2 Å². The Bertz CT molecular complexity index is 554. The van der Waals surface area contributed by atoms with Gasteiger partial charge in [0.05, 0.1) is 11.5 Å². The maximum Gasteiger partial charge on any atom is 0.270 e. The van der Waals surface area contributed by atoms with Crippen molar-refractivity contribution in [1.82, 2.24) is 0 Å². The summed E-state index contributed by atoms with van der Waals surface area (Å²) in [5, 5.41) is 19.8. The zero-order chi connectivity index (χ0) is 13.0. The molecule has 0 aromatic heterocycles. The van der Waals surface area contributed by atoms with Crippen LogP contribution in [0.15, 0.2) is 48.5 Å². The van der Waals surface area contributed by atoms with E-state index in [1.165, 1.54) is 18.2 Å². The minimum Gasteiger partial charge on any atom is -0.457 e. The lowest BCUT2D eigenvalue weighted by Gasteiger charge is -2.09. The van der Waals surface area contributed by atoms with Gasteiger partial charge in [-0.15, -0.1) is 0 Å². The summed E-state index contributed by atoms with van der Waals surface area (Å²) >= 11 is 0. The fourth-order valence-corrected chi connectivity index (χ4v) is 1.52. The van der Waals surface area contributed by atoms with Gasteiger partial charge in [-0.1, -0.05) is 18.2 Å². The lowest BCUT2D eigenvalue weighted by atomic mass is 10.2. The molecule has 0 radical (unpaired) electrons. The van der Waals surface area contributed by atoms with Crippen LogP contribution in [0, 0.1) is 10.1 Å². The Morgan fingerprint density at radius 1 is 1.17 bits per heavy atom. The highest BCUT2D eigenvalue weighted by atomic mass is 16.6. The molecule has 0 bridgehead atoms. The minimum atomic E-state index is -0.508. The second-order valence-corrected chi connectivity index (χ2v) is 3.62. The summed E-state index contributed by atoms with van der Waals surface area (Å²) in [7, 11) is 0. The van der Waals surface area contributed by atoms with Crippen molar-refractivity contribution in [3.05, 3.63) is 64.2 Å². The molecular weight excluding hydrogens is 234 g/mol. The van der Waals surface area contributed by atoms with E-state index in [4.69, 9.17) is 4.74 Å². The molecule has 0 amide bonds. The van der Waals surface area contributed by atoms with E-state index < -0.39 is 4.92 Å². The predicted molar refractivity (Wildman–Crippen MR) is 65.5 cm³/mol. The molecule has 18 heavy (non-hydrogen) atoms. The number of nitro benzene ring substituents is 1. The molecule has 92 valence electrons. The Hall–Kier alpha value is -2.40. The van der Waals surface area contributed by atoms with Crippen LogP contribution in [0.5, 0.6) is 11.5 Å². The number of nitro groups is 1. The second-order valence-electron chi connectivity index (χ2n) is 3.62. The van der Waals surface area contributed by atoms with Crippen molar-refractivity contribution in [2.24, 2.45) is 0 Å². The number of non-ortho nitro benzene ring substituents is 1. The largest absolute Gasteiger partial charge is 0.457 e. The van der Waals surface area contributed by atoms with Crippen LogP contribution in [0.3, 0.4) is 0 Å². The van der Waals surface area contributed by atoms with E-state index in [0.717, 1.165) is 0 Å². The molecule has 0 saturated heterocycles. The summed E-state index contributed by atoms with van der Waals surface area (Å²) in [6.45, 7) is -0.316. The molecule has 0 saturated carbocycles. The Labute approximate surface area is 103 Å². The third-order valence-corrected chi connectivity index (χ3v) is 2.40. The molecule has 5 nitrogen and oxygen atoms in total. The first-order chi connectivity index (χ1) is 8.70. The number of ether oxygens (including phenoxy) is 1. The van der Waals surface area contributed by atoms with Crippen molar-refractivity contribution in [3.8, 4) is 11.5 Å². The molecule has 2 aromatic carbocycles. The van der Waals surface area contributed by atoms with Crippen LogP contribution in [0.1, 0.15) is 5.56 Å². The van der Waals surface area contributed by atoms with Gasteiger partial charge in [0.1, 0.15) is 11.5 Å². The molecule has 0 aliphatic carbocycles. The Balaban J connectivity index is 2.31. The summed E-state index contributed by atoms with van der Waals surface area (Å²) < 4.78 is 5.55. The quantitative estimate of drug-likeness (QED) is 0.664. The first kappa shape index (κ1) is 12.1. The van der Waals surface area contributed by atoms with Gasteiger partial charge >= 0.3 is 0 Å². The SMILES string of the molecule is O=[N+]([O-])c1ccc(Oc2ccccc2)c(CO)c1. The number of nitrogens with zero attached hydrogens (tertiary/aromatic N) is 1. The van der Waals surface area contributed by atoms with Gasteiger partial charge in [0.15, 0.2) is 0 Å². The summed E-state index contributed by atoms with van der Waals surface area (Å²) in [6.07, 6.45) is 0. The number of hydrogen-bond donors (Lipinski definition) is 1. The molecule has 0 aliphatic rings. The molecule has 1 N–H and O–H groups in total. The first-order valence-corrected chi connectivity index (χ1v) is 5.32. The van der Waals surface area contributed by atoms with E-state index >= 15 is 0 Å². The average molecular weight is 245 g/mol. The molecule has 0 spiro atoms. The Kier molecular flexibility index (Phi) is 3.54. The molecule has 5 heteroatoms. The van der Waals surface area contributed by atoms with Crippen LogP contribution in [0.2, 0.25) is 0 Å². The van der Waals surface area contributed by atoms with Crippen molar-refractivity contribution in [1.29, 1.82) is 0 Å². The smallest absolute Gasteiger partial charge is 0.270 e. The zero-order valence-corrected chi connectivity index (χ0v) is 9.45. The number of hydrogen-bond acceptors (Lipinski definition) is 4. The summed E-state index contributed by atoms with van der Waals surface area (Å²) in [4.78, 5) is 10.1. The van der Waals surface area contributed by atoms with Crippen molar-refractivity contribution >= 4 is 5.69 Å². The lowest BCUT2D eigenvalue weighted by molar-refractivity contribution is -0.385. The maximum atomic E-state index is 10.6. The van der Waals surface area contributed by atoms with E-state index in [1.807, 2.05) is 18.2 Å². The van der Waals surface area contributed by atoms with E-state index in [2.05, 4.69) is 0 Å². The summed E-state index contributed by atoms with van der Waals surface area (Å²) in [5.41, 5.74) is 0.313. The first-order valence-electron chi connectivity index (χ1n) is 5.32. The van der Waals surface area contributed by atoms with Gasteiger partial charge in [-0.3, -0.25) is 10.1 Å². The number of aliphatic hydroxyl groups is 1. The molecular formula is C13H11NO4. The third kappa shape index (κ3) is 2.64. The van der Waals surface area contributed by atoms with Gasteiger partial charge in [0.2, 0.25) is 0 Å². The van der Waals surface area contributed by atoms with E-state index in [9.17, 15) is 15.2 Å². The van der Waals surface area contributed by atoms with Gasteiger partial charge in [0.25, 0.3) is 5.69 Å². The maximum absolute atomic E-state index is 10.6. The lowest BCUT2D eigenvalue weighted by Crippen LogP contribution is -1.95. The summed E-state index contributed by atoms with van der Waals surface area (Å²) in [5.74, 6) is 1.02. The minimum absolute atomic E-state index is 0.0699. The van der Waals surface area contributed by atoms with Crippen LogP contribution in [-0.2, 0) is 6.61 Å². The second kappa shape index (κ2) is 5.29. The van der Waals surface area contributed by atoms with E-state index in [-0.39, 0.29) is 12.3 Å². The normalized spacial score (nSPS) is 10.1. The standard InChI is InChI=1S/C13H11NO4/c15-9-10-8-11(14(16)17)6-7-13(10)18-12-4-2-1-3-5-12/h1-8,15H,9H2. The van der Waals surface area contributed by atoms with Crippen LogP contribution in [0.25, 0.3) is 0 Å². The molecule has 0 atom stereocenters. The molecule has 0 heterocycles. The molecule has 0 unspecified atom stereocenters. The number of para-hydroxylation sites is 1.